The molecule has 0 bridgehead atoms. The first-order valence-electron chi connectivity index (χ1n) is 10.1. The summed E-state index contributed by atoms with van der Waals surface area (Å²) in [6, 6.07) is 6.11. The average Bonchev–Trinajstić information content (AvgIpc) is 3.20. The molecule has 2 heterocycles. The Morgan fingerprint density at radius 3 is 2.79 bits per heavy atom. The van der Waals surface area contributed by atoms with Gasteiger partial charge in [0.15, 0.2) is 11.2 Å². The first-order chi connectivity index (χ1) is 13.8. The summed E-state index contributed by atoms with van der Waals surface area (Å²) < 4.78 is 6.08. The number of piperidine rings is 1. The lowest BCUT2D eigenvalue weighted by atomic mass is 9.97. The number of hydrogen-bond acceptors (Lipinski definition) is 5. The summed E-state index contributed by atoms with van der Waals surface area (Å²) in [5.41, 5.74) is 2.19. The largest absolute Gasteiger partial charge is 0.481 e. The number of anilines is 1. The van der Waals surface area contributed by atoms with Gasteiger partial charge in [-0.25, -0.2) is 4.98 Å². The van der Waals surface area contributed by atoms with E-state index in [9.17, 15) is 9.59 Å². The molecule has 156 valence electrons. The van der Waals surface area contributed by atoms with E-state index in [1.54, 1.807) is 18.0 Å². The Morgan fingerprint density at radius 1 is 1.31 bits per heavy atom. The SMILES string of the molecule is Cc1ccc(C(C)C)c(OC(C)C(=O)N2CCCC(C(=O)Nc3nccs3)C2)c1. The van der Waals surface area contributed by atoms with Gasteiger partial charge in [0.05, 0.1) is 5.92 Å². The number of aromatic nitrogens is 1. The van der Waals surface area contributed by atoms with E-state index in [0.717, 1.165) is 29.7 Å². The van der Waals surface area contributed by atoms with E-state index in [1.165, 1.54) is 11.3 Å². The second-order valence-electron chi connectivity index (χ2n) is 7.91. The van der Waals surface area contributed by atoms with Crippen LogP contribution in [0.25, 0.3) is 0 Å². The highest BCUT2D eigenvalue weighted by atomic mass is 32.1. The predicted molar refractivity (Wildman–Crippen MR) is 115 cm³/mol. The first-order valence-corrected chi connectivity index (χ1v) is 11.0. The van der Waals surface area contributed by atoms with Gasteiger partial charge in [-0.05, 0) is 49.8 Å². The summed E-state index contributed by atoms with van der Waals surface area (Å²) >= 11 is 1.39. The molecule has 1 aliphatic rings. The fourth-order valence-electron chi connectivity index (χ4n) is 3.60. The normalized spacial score (nSPS) is 17.8. The highest BCUT2D eigenvalue weighted by Crippen LogP contribution is 2.29. The van der Waals surface area contributed by atoms with E-state index < -0.39 is 6.10 Å². The average molecular weight is 416 g/mol. The number of rotatable bonds is 6. The molecule has 0 saturated carbocycles. The molecule has 0 aliphatic carbocycles. The Morgan fingerprint density at radius 2 is 2.10 bits per heavy atom. The number of carbonyl (C=O) groups excluding carboxylic acids is 2. The molecule has 7 heteroatoms. The molecular weight excluding hydrogens is 386 g/mol. The smallest absolute Gasteiger partial charge is 0.263 e. The molecule has 6 nitrogen and oxygen atoms in total. The van der Waals surface area contributed by atoms with Gasteiger partial charge in [-0.2, -0.15) is 0 Å². The number of amides is 2. The summed E-state index contributed by atoms with van der Waals surface area (Å²) in [6.45, 7) is 9.08. The van der Waals surface area contributed by atoms with Crippen molar-refractivity contribution in [3.05, 3.63) is 40.9 Å². The molecule has 3 rings (SSSR count). The van der Waals surface area contributed by atoms with Crippen LogP contribution >= 0.6 is 11.3 Å². The van der Waals surface area contributed by atoms with Crippen molar-refractivity contribution in [2.75, 3.05) is 18.4 Å². The van der Waals surface area contributed by atoms with Crippen LogP contribution in [0.2, 0.25) is 0 Å². The van der Waals surface area contributed by atoms with Crippen molar-refractivity contribution in [3.8, 4) is 5.75 Å². The highest BCUT2D eigenvalue weighted by molar-refractivity contribution is 7.13. The maximum Gasteiger partial charge on any atom is 0.263 e. The zero-order valence-corrected chi connectivity index (χ0v) is 18.3. The number of aryl methyl sites for hydroxylation is 1. The zero-order chi connectivity index (χ0) is 21.0. The summed E-state index contributed by atoms with van der Waals surface area (Å²) in [5, 5.41) is 5.26. The van der Waals surface area contributed by atoms with Gasteiger partial charge in [0.1, 0.15) is 5.75 Å². The van der Waals surface area contributed by atoms with Crippen LogP contribution in [0.15, 0.2) is 29.8 Å². The minimum Gasteiger partial charge on any atom is -0.481 e. The third-order valence-electron chi connectivity index (χ3n) is 5.21. The van der Waals surface area contributed by atoms with Crippen molar-refractivity contribution in [1.82, 2.24) is 9.88 Å². The Balaban J connectivity index is 1.63. The van der Waals surface area contributed by atoms with E-state index in [-0.39, 0.29) is 17.7 Å². The number of hydrogen-bond donors (Lipinski definition) is 1. The standard InChI is InChI=1S/C22H29N3O3S/c1-14(2)18-8-7-15(3)12-19(18)28-16(4)21(27)25-10-5-6-17(13-25)20(26)24-22-23-9-11-29-22/h7-9,11-12,14,16-17H,5-6,10,13H2,1-4H3,(H,23,24,26). The molecule has 2 unspecified atom stereocenters. The highest BCUT2D eigenvalue weighted by Gasteiger charge is 2.31. The quantitative estimate of drug-likeness (QED) is 0.767. The molecular formula is C22H29N3O3S. The van der Waals surface area contributed by atoms with Gasteiger partial charge in [0, 0.05) is 24.7 Å². The third kappa shape index (κ3) is 5.35. The van der Waals surface area contributed by atoms with E-state index in [4.69, 9.17) is 4.74 Å². The lowest BCUT2D eigenvalue weighted by Crippen LogP contribution is -2.48. The topological polar surface area (TPSA) is 71.5 Å². The van der Waals surface area contributed by atoms with Crippen molar-refractivity contribution >= 4 is 28.3 Å². The fraction of sp³-hybridized carbons (Fsp3) is 0.500. The lowest BCUT2D eigenvalue weighted by Gasteiger charge is -2.33. The minimum absolute atomic E-state index is 0.0760. The van der Waals surface area contributed by atoms with Crippen molar-refractivity contribution in [1.29, 1.82) is 0 Å². The summed E-state index contributed by atoms with van der Waals surface area (Å²) in [6.07, 6.45) is 2.63. The minimum atomic E-state index is -0.602. The monoisotopic (exact) mass is 415 g/mol. The molecule has 1 fully saturated rings. The van der Waals surface area contributed by atoms with Crippen LogP contribution in [0.1, 0.15) is 50.7 Å². The summed E-state index contributed by atoms with van der Waals surface area (Å²) in [7, 11) is 0. The molecule has 0 radical (unpaired) electrons. The van der Waals surface area contributed by atoms with Gasteiger partial charge in [-0.15, -0.1) is 11.3 Å². The van der Waals surface area contributed by atoms with Gasteiger partial charge >= 0.3 is 0 Å². The van der Waals surface area contributed by atoms with Crippen LogP contribution in [-0.4, -0.2) is 40.9 Å². The third-order valence-corrected chi connectivity index (χ3v) is 5.90. The van der Waals surface area contributed by atoms with Crippen LogP contribution in [0.3, 0.4) is 0 Å². The number of carbonyl (C=O) groups is 2. The van der Waals surface area contributed by atoms with Crippen LogP contribution in [0, 0.1) is 12.8 Å². The second kappa shape index (κ2) is 9.39. The van der Waals surface area contributed by atoms with E-state index >= 15 is 0 Å². The van der Waals surface area contributed by atoms with Crippen LogP contribution in [0.5, 0.6) is 5.75 Å². The zero-order valence-electron chi connectivity index (χ0n) is 17.5. The van der Waals surface area contributed by atoms with Crippen molar-refractivity contribution in [2.24, 2.45) is 5.92 Å². The van der Waals surface area contributed by atoms with Gasteiger partial charge in [0.25, 0.3) is 5.91 Å². The van der Waals surface area contributed by atoms with Crippen LogP contribution in [-0.2, 0) is 9.59 Å². The van der Waals surface area contributed by atoms with Crippen molar-refractivity contribution < 1.29 is 14.3 Å². The Bertz CT molecular complexity index is 851. The van der Waals surface area contributed by atoms with E-state index in [2.05, 4.69) is 36.3 Å². The molecule has 1 saturated heterocycles. The number of benzene rings is 1. The maximum absolute atomic E-state index is 13.0. The van der Waals surface area contributed by atoms with Gasteiger partial charge < -0.3 is 15.0 Å². The van der Waals surface area contributed by atoms with Crippen LogP contribution in [0.4, 0.5) is 5.13 Å². The predicted octanol–water partition coefficient (Wildman–Crippen LogP) is 4.22. The Hall–Kier alpha value is -2.41. The molecule has 1 N–H and O–H groups in total. The lowest BCUT2D eigenvalue weighted by molar-refractivity contribution is -0.140. The number of ether oxygens (including phenoxy) is 1. The molecule has 2 aromatic rings. The first kappa shape index (κ1) is 21.3. The van der Waals surface area contributed by atoms with Gasteiger partial charge in [-0.3, -0.25) is 9.59 Å². The Kier molecular flexibility index (Phi) is 6.90. The summed E-state index contributed by atoms with van der Waals surface area (Å²) in [5.74, 6) is 0.687. The molecule has 29 heavy (non-hydrogen) atoms. The Labute approximate surface area is 176 Å². The van der Waals surface area contributed by atoms with Gasteiger partial charge in [-0.1, -0.05) is 26.0 Å². The van der Waals surface area contributed by atoms with Gasteiger partial charge in [0.2, 0.25) is 5.91 Å². The van der Waals surface area contributed by atoms with Crippen molar-refractivity contribution in [3.63, 3.8) is 0 Å². The van der Waals surface area contributed by atoms with Crippen LogP contribution < -0.4 is 10.1 Å². The fourth-order valence-corrected chi connectivity index (χ4v) is 4.13. The molecule has 1 aromatic heterocycles. The molecule has 1 aliphatic heterocycles. The number of likely N-dealkylation sites (tertiary alicyclic amines) is 1. The number of nitrogens with zero attached hydrogens (tertiary/aromatic N) is 2. The molecule has 2 amide bonds. The molecule has 0 spiro atoms. The second-order valence-corrected chi connectivity index (χ2v) is 8.80. The van der Waals surface area contributed by atoms with E-state index in [1.807, 2.05) is 18.4 Å². The van der Waals surface area contributed by atoms with E-state index in [0.29, 0.717) is 24.1 Å². The summed E-state index contributed by atoms with van der Waals surface area (Å²) in [4.78, 5) is 31.4. The molecule has 1 aromatic carbocycles. The maximum atomic E-state index is 13.0. The van der Waals surface area contributed by atoms with Crippen molar-refractivity contribution in [2.45, 2.75) is 52.6 Å². The molecule has 2 atom stereocenters. The number of thiazole rings is 1. The number of nitrogens with one attached hydrogen (secondary N) is 1.